The third-order valence-corrected chi connectivity index (χ3v) is 3.92. The fraction of sp³-hybridized carbons (Fsp3) is 0.400. The van der Waals surface area contributed by atoms with Crippen molar-refractivity contribution in [2.75, 3.05) is 25.1 Å². The fourth-order valence-electron chi connectivity index (χ4n) is 2.43. The van der Waals surface area contributed by atoms with E-state index >= 15 is 0 Å². The number of para-hydroxylation sites is 1. The summed E-state index contributed by atoms with van der Waals surface area (Å²) in [5.74, 6) is 2.41. The van der Waals surface area contributed by atoms with E-state index in [0.717, 1.165) is 30.2 Å². The van der Waals surface area contributed by atoms with Crippen molar-refractivity contribution in [3.8, 4) is 11.5 Å². The maximum Gasteiger partial charge on any atom is 0.122 e. The molecular weight excluding hydrogens is 286 g/mol. The summed E-state index contributed by atoms with van der Waals surface area (Å²) < 4.78 is 11.4. The molecule has 0 aliphatic carbocycles. The Morgan fingerprint density at radius 3 is 2.39 bits per heavy atom. The number of anilines is 1. The quantitative estimate of drug-likeness (QED) is 0.654. The molecule has 3 nitrogen and oxygen atoms in total. The second-order valence-corrected chi connectivity index (χ2v) is 5.58. The molecule has 0 bridgehead atoms. The Morgan fingerprint density at radius 2 is 1.70 bits per heavy atom. The molecule has 0 saturated heterocycles. The maximum atomic E-state index is 5.96. The average Bonchev–Trinajstić information content (AvgIpc) is 2.60. The number of nitrogens with one attached hydrogen (secondary N) is 1. The van der Waals surface area contributed by atoms with Crippen LogP contribution in [0.15, 0.2) is 48.5 Å². The van der Waals surface area contributed by atoms with E-state index in [-0.39, 0.29) is 0 Å². The molecule has 1 N–H and O–H groups in total. The Labute approximate surface area is 139 Å². The minimum Gasteiger partial charge on any atom is -0.494 e. The maximum absolute atomic E-state index is 5.96. The van der Waals surface area contributed by atoms with E-state index in [4.69, 9.17) is 9.47 Å². The molecule has 0 aromatic heterocycles. The molecule has 0 amide bonds. The van der Waals surface area contributed by atoms with Crippen molar-refractivity contribution >= 4 is 5.69 Å². The first-order valence-electron chi connectivity index (χ1n) is 8.43. The standard InChI is InChI=1S/C20H27NO2/c1-4-16(3)19-8-6-7-9-20(19)23-15-14-21-17-10-12-18(13-11-17)22-5-2/h6-13,16,21H,4-5,14-15H2,1-3H3. The van der Waals surface area contributed by atoms with Crippen molar-refractivity contribution in [1.82, 2.24) is 0 Å². The van der Waals surface area contributed by atoms with Gasteiger partial charge in [0.05, 0.1) is 6.61 Å². The van der Waals surface area contributed by atoms with Crippen LogP contribution in [0.4, 0.5) is 5.69 Å². The Balaban J connectivity index is 1.81. The van der Waals surface area contributed by atoms with Crippen LogP contribution < -0.4 is 14.8 Å². The Kier molecular flexibility index (Phi) is 6.79. The summed E-state index contributed by atoms with van der Waals surface area (Å²) in [5.41, 5.74) is 2.36. The molecule has 2 aromatic rings. The average molecular weight is 313 g/mol. The molecule has 1 atom stereocenters. The van der Waals surface area contributed by atoms with Gasteiger partial charge in [-0.1, -0.05) is 32.0 Å². The fourth-order valence-corrected chi connectivity index (χ4v) is 2.43. The highest BCUT2D eigenvalue weighted by Crippen LogP contribution is 2.28. The molecule has 0 spiro atoms. The summed E-state index contributed by atoms with van der Waals surface area (Å²) in [6.07, 6.45) is 1.12. The zero-order valence-corrected chi connectivity index (χ0v) is 14.3. The molecular formula is C20H27NO2. The zero-order valence-electron chi connectivity index (χ0n) is 14.3. The Bertz CT molecular complexity index is 580. The summed E-state index contributed by atoms with van der Waals surface area (Å²) in [6.45, 7) is 8.52. The van der Waals surface area contributed by atoms with Gasteiger partial charge in [0.15, 0.2) is 0 Å². The van der Waals surface area contributed by atoms with Crippen molar-refractivity contribution in [2.24, 2.45) is 0 Å². The summed E-state index contributed by atoms with van der Waals surface area (Å²) in [5, 5.41) is 3.37. The van der Waals surface area contributed by atoms with Crippen molar-refractivity contribution in [1.29, 1.82) is 0 Å². The highest BCUT2D eigenvalue weighted by molar-refractivity contribution is 5.46. The van der Waals surface area contributed by atoms with Gasteiger partial charge in [-0.25, -0.2) is 0 Å². The van der Waals surface area contributed by atoms with Crippen molar-refractivity contribution < 1.29 is 9.47 Å². The van der Waals surface area contributed by atoms with E-state index in [1.807, 2.05) is 37.3 Å². The molecule has 2 aromatic carbocycles. The van der Waals surface area contributed by atoms with E-state index in [1.165, 1.54) is 5.56 Å². The molecule has 1 unspecified atom stereocenters. The minimum absolute atomic E-state index is 0.519. The molecule has 0 aliphatic heterocycles. The van der Waals surface area contributed by atoms with E-state index in [9.17, 15) is 0 Å². The smallest absolute Gasteiger partial charge is 0.122 e. The van der Waals surface area contributed by atoms with Gasteiger partial charge in [0.2, 0.25) is 0 Å². The lowest BCUT2D eigenvalue weighted by molar-refractivity contribution is 0.327. The topological polar surface area (TPSA) is 30.5 Å². The van der Waals surface area contributed by atoms with Gasteiger partial charge in [0.25, 0.3) is 0 Å². The van der Waals surface area contributed by atoms with Crippen LogP contribution in [0.5, 0.6) is 11.5 Å². The van der Waals surface area contributed by atoms with Gasteiger partial charge in [-0.2, -0.15) is 0 Å². The van der Waals surface area contributed by atoms with Crippen molar-refractivity contribution in [2.45, 2.75) is 33.1 Å². The molecule has 2 rings (SSSR count). The lowest BCUT2D eigenvalue weighted by atomic mass is 9.98. The Hall–Kier alpha value is -2.16. The highest BCUT2D eigenvalue weighted by atomic mass is 16.5. The van der Waals surface area contributed by atoms with Gasteiger partial charge in [0.1, 0.15) is 18.1 Å². The highest BCUT2D eigenvalue weighted by Gasteiger charge is 2.09. The summed E-state index contributed by atoms with van der Waals surface area (Å²) in [7, 11) is 0. The van der Waals surface area contributed by atoms with Crippen molar-refractivity contribution in [3.05, 3.63) is 54.1 Å². The number of hydrogen-bond donors (Lipinski definition) is 1. The van der Waals surface area contributed by atoms with Crippen LogP contribution in [0.1, 0.15) is 38.7 Å². The number of ether oxygens (including phenoxy) is 2. The van der Waals surface area contributed by atoms with Crippen LogP contribution in [0.2, 0.25) is 0 Å². The lowest BCUT2D eigenvalue weighted by Gasteiger charge is -2.16. The molecule has 0 radical (unpaired) electrons. The van der Waals surface area contributed by atoms with Crippen molar-refractivity contribution in [3.63, 3.8) is 0 Å². The minimum atomic E-state index is 0.519. The molecule has 0 saturated carbocycles. The third kappa shape index (κ3) is 5.20. The molecule has 0 heterocycles. The molecule has 124 valence electrons. The van der Waals surface area contributed by atoms with Gasteiger partial charge in [-0.3, -0.25) is 0 Å². The molecule has 23 heavy (non-hydrogen) atoms. The first-order chi connectivity index (χ1) is 11.2. The summed E-state index contributed by atoms with van der Waals surface area (Å²) in [4.78, 5) is 0. The third-order valence-electron chi connectivity index (χ3n) is 3.92. The van der Waals surface area contributed by atoms with E-state index in [2.05, 4.69) is 37.4 Å². The molecule has 3 heteroatoms. The number of benzene rings is 2. The zero-order chi connectivity index (χ0) is 16.5. The second-order valence-electron chi connectivity index (χ2n) is 5.58. The van der Waals surface area contributed by atoms with Crippen LogP contribution in [0.3, 0.4) is 0 Å². The van der Waals surface area contributed by atoms with Crippen LogP contribution in [0, 0.1) is 0 Å². The predicted molar refractivity (Wildman–Crippen MR) is 96.7 cm³/mol. The van der Waals surface area contributed by atoms with Gasteiger partial charge in [-0.15, -0.1) is 0 Å². The lowest BCUT2D eigenvalue weighted by Crippen LogP contribution is -2.12. The molecule has 0 aliphatic rings. The van der Waals surface area contributed by atoms with Crippen LogP contribution in [-0.2, 0) is 0 Å². The summed E-state index contributed by atoms with van der Waals surface area (Å²) >= 11 is 0. The second kappa shape index (κ2) is 9.09. The normalized spacial score (nSPS) is 11.8. The number of rotatable bonds is 9. The first-order valence-corrected chi connectivity index (χ1v) is 8.43. The SMILES string of the molecule is CCOc1ccc(NCCOc2ccccc2C(C)CC)cc1. The largest absolute Gasteiger partial charge is 0.494 e. The van der Waals surface area contributed by atoms with Gasteiger partial charge >= 0.3 is 0 Å². The number of hydrogen-bond acceptors (Lipinski definition) is 3. The van der Waals surface area contributed by atoms with E-state index < -0.39 is 0 Å². The first kappa shape index (κ1) is 17.2. The monoisotopic (exact) mass is 313 g/mol. The predicted octanol–water partition coefficient (Wildman–Crippen LogP) is 5.09. The van der Waals surface area contributed by atoms with Crippen LogP contribution >= 0.6 is 0 Å². The van der Waals surface area contributed by atoms with E-state index in [1.54, 1.807) is 0 Å². The molecule has 0 fully saturated rings. The Morgan fingerprint density at radius 1 is 0.957 bits per heavy atom. The van der Waals surface area contributed by atoms with Crippen LogP contribution in [0.25, 0.3) is 0 Å². The van der Waals surface area contributed by atoms with Crippen LogP contribution in [-0.4, -0.2) is 19.8 Å². The van der Waals surface area contributed by atoms with Gasteiger partial charge in [0, 0.05) is 12.2 Å². The van der Waals surface area contributed by atoms with Gasteiger partial charge < -0.3 is 14.8 Å². The van der Waals surface area contributed by atoms with Gasteiger partial charge in [-0.05, 0) is 55.2 Å². The van der Waals surface area contributed by atoms with E-state index in [0.29, 0.717) is 19.1 Å². The summed E-state index contributed by atoms with van der Waals surface area (Å²) in [6, 6.07) is 16.3.